The predicted molar refractivity (Wildman–Crippen MR) is 73.1 cm³/mol. The minimum atomic E-state index is -0.477. The summed E-state index contributed by atoms with van der Waals surface area (Å²) < 4.78 is 18.2. The van der Waals surface area contributed by atoms with Crippen molar-refractivity contribution >= 4 is 23.3 Å². The van der Waals surface area contributed by atoms with Crippen LogP contribution in [0.3, 0.4) is 0 Å². The zero-order chi connectivity index (χ0) is 14.5. The molecular formula is C13H13ClFN3O2. The number of aryl methyl sites for hydroxylation is 1. The summed E-state index contributed by atoms with van der Waals surface area (Å²) in [6, 6.07) is 3.24. The standard InChI is InChI=1S/C13H13ClFN3O2/c1-2-9-6-16-12(20-9)7-17-13(19)18-11-4-3-8(15)5-10(11)14/h3-6H,2,7H2,1H3,(H2,17,18,19). The lowest BCUT2D eigenvalue weighted by Crippen LogP contribution is -2.28. The molecule has 0 saturated carbocycles. The number of carbonyl (C=O) groups is 1. The van der Waals surface area contributed by atoms with Crippen LogP contribution in [0.25, 0.3) is 0 Å². The van der Waals surface area contributed by atoms with Crippen molar-refractivity contribution in [3.8, 4) is 0 Å². The average molecular weight is 298 g/mol. The lowest BCUT2D eigenvalue weighted by molar-refractivity contribution is 0.250. The highest BCUT2D eigenvalue weighted by Crippen LogP contribution is 2.22. The first-order valence-electron chi connectivity index (χ1n) is 6.02. The Morgan fingerprint density at radius 1 is 1.50 bits per heavy atom. The van der Waals surface area contributed by atoms with E-state index >= 15 is 0 Å². The van der Waals surface area contributed by atoms with E-state index in [4.69, 9.17) is 16.0 Å². The van der Waals surface area contributed by atoms with Crippen molar-refractivity contribution in [2.24, 2.45) is 0 Å². The fourth-order valence-corrected chi connectivity index (χ4v) is 1.72. The highest BCUT2D eigenvalue weighted by Gasteiger charge is 2.08. The van der Waals surface area contributed by atoms with Gasteiger partial charge in [0.2, 0.25) is 5.89 Å². The molecule has 2 amide bonds. The van der Waals surface area contributed by atoms with Gasteiger partial charge in [-0.1, -0.05) is 18.5 Å². The van der Waals surface area contributed by atoms with E-state index in [2.05, 4.69) is 15.6 Å². The second-order valence-corrected chi connectivity index (χ2v) is 4.41. The van der Waals surface area contributed by atoms with Crippen LogP contribution in [0.2, 0.25) is 5.02 Å². The number of carbonyl (C=O) groups excluding carboxylic acids is 1. The van der Waals surface area contributed by atoms with Crippen LogP contribution in [0.4, 0.5) is 14.9 Å². The summed E-state index contributed by atoms with van der Waals surface area (Å²) in [4.78, 5) is 15.7. The highest BCUT2D eigenvalue weighted by atomic mass is 35.5. The molecule has 106 valence electrons. The van der Waals surface area contributed by atoms with Crippen molar-refractivity contribution in [2.45, 2.75) is 19.9 Å². The molecule has 0 fully saturated rings. The van der Waals surface area contributed by atoms with Gasteiger partial charge in [0.05, 0.1) is 23.5 Å². The molecule has 7 heteroatoms. The van der Waals surface area contributed by atoms with Crippen molar-refractivity contribution in [1.82, 2.24) is 10.3 Å². The molecule has 1 aromatic heterocycles. The normalized spacial score (nSPS) is 10.3. The molecule has 0 bridgehead atoms. The molecule has 0 atom stereocenters. The first kappa shape index (κ1) is 14.3. The van der Waals surface area contributed by atoms with E-state index in [9.17, 15) is 9.18 Å². The number of amides is 2. The third-order valence-electron chi connectivity index (χ3n) is 2.53. The number of nitrogens with one attached hydrogen (secondary N) is 2. The van der Waals surface area contributed by atoms with Crippen molar-refractivity contribution < 1.29 is 13.6 Å². The second kappa shape index (κ2) is 6.38. The Hall–Kier alpha value is -2.08. The number of nitrogens with zero attached hydrogens (tertiary/aromatic N) is 1. The Balaban J connectivity index is 1.89. The van der Waals surface area contributed by atoms with Crippen molar-refractivity contribution in [3.63, 3.8) is 0 Å². The molecular weight excluding hydrogens is 285 g/mol. The number of aromatic nitrogens is 1. The Kier molecular flexibility index (Phi) is 4.57. The summed E-state index contributed by atoms with van der Waals surface area (Å²) in [5, 5.41) is 5.21. The molecule has 0 saturated heterocycles. The lowest BCUT2D eigenvalue weighted by Gasteiger charge is -2.07. The van der Waals surface area contributed by atoms with Gasteiger partial charge < -0.3 is 15.1 Å². The van der Waals surface area contributed by atoms with Crippen molar-refractivity contribution in [1.29, 1.82) is 0 Å². The quantitative estimate of drug-likeness (QED) is 0.909. The first-order chi connectivity index (χ1) is 9.58. The molecule has 1 heterocycles. The van der Waals surface area contributed by atoms with E-state index in [0.29, 0.717) is 11.6 Å². The van der Waals surface area contributed by atoms with Gasteiger partial charge in [0.1, 0.15) is 11.6 Å². The smallest absolute Gasteiger partial charge is 0.319 e. The van der Waals surface area contributed by atoms with E-state index in [1.807, 2.05) is 6.92 Å². The zero-order valence-electron chi connectivity index (χ0n) is 10.7. The number of rotatable bonds is 4. The van der Waals surface area contributed by atoms with E-state index < -0.39 is 11.8 Å². The summed E-state index contributed by atoms with van der Waals surface area (Å²) in [5.74, 6) is 0.707. The Labute approximate surface area is 120 Å². The summed E-state index contributed by atoms with van der Waals surface area (Å²) >= 11 is 5.80. The van der Waals surface area contributed by atoms with E-state index in [1.165, 1.54) is 12.1 Å². The fraction of sp³-hybridized carbons (Fsp3) is 0.231. The van der Waals surface area contributed by atoms with Crippen LogP contribution in [0.5, 0.6) is 0 Å². The molecule has 0 radical (unpaired) electrons. The predicted octanol–water partition coefficient (Wildman–Crippen LogP) is 3.35. The number of hydrogen-bond acceptors (Lipinski definition) is 3. The SMILES string of the molecule is CCc1cnc(CNC(=O)Nc2ccc(F)cc2Cl)o1. The molecule has 2 rings (SSSR count). The lowest BCUT2D eigenvalue weighted by atomic mass is 10.3. The molecule has 2 aromatic rings. The average Bonchev–Trinajstić information content (AvgIpc) is 2.88. The van der Waals surface area contributed by atoms with E-state index in [1.54, 1.807) is 6.20 Å². The van der Waals surface area contributed by atoms with Crippen LogP contribution in [0, 0.1) is 5.82 Å². The number of oxazole rings is 1. The highest BCUT2D eigenvalue weighted by molar-refractivity contribution is 6.33. The molecule has 0 spiro atoms. The Morgan fingerprint density at radius 3 is 2.95 bits per heavy atom. The molecule has 0 aliphatic heterocycles. The maximum Gasteiger partial charge on any atom is 0.319 e. The second-order valence-electron chi connectivity index (χ2n) is 4.01. The molecule has 0 unspecified atom stereocenters. The van der Waals surface area contributed by atoms with Gasteiger partial charge in [0, 0.05) is 6.42 Å². The van der Waals surface area contributed by atoms with Gasteiger partial charge in [-0.3, -0.25) is 0 Å². The van der Waals surface area contributed by atoms with Gasteiger partial charge in [-0.05, 0) is 18.2 Å². The van der Waals surface area contributed by atoms with Crippen molar-refractivity contribution in [2.75, 3.05) is 5.32 Å². The Morgan fingerprint density at radius 2 is 2.30 bits per heavy atom. The molecule has 0 aliphatic carbocycles. The van der Waals surface area contributed by atoms with Gasteiger partial charge in [-0.15, -0.1) is 0 Å². The number of anilines is 1. The molecule has 20 heavy (non-hydrogen) atoms. The minimum absolute atomic E-state index is 0.129. The van der Waals surface area contributed by atoms with Crippen molar-refractivity contribution in [3.05, 3.63) is 46.9 Å². The number of benzene rings is 1. The van der Waals surface area contributed by atoms with Crippen LogP contribution in [-0.2, 0) is 13.0 Å². The van der Waals surface area contributed by atoms with Crippen LogP contribution in [0.1, 0.15) is 18.6 Å². The Bertz CT molecular complexity index is 615. The summed E-state index contributed by atoms with van der Waals surface area (Å²) in [6.07, 6.45) is 2.36. The van der Waals surface area contributed by atoms with Gasteiger partial charge in [0.25, 0.3) is 0 Å². The number of hydrogen-bond donors (Lipinski definition) is 2. The first-order valence-corrected chi connectivity index (χ1v) is 6.39. The van der Waals surface area contributed by atoms with Crippen LogP contribution in [-0.4, -0.2) is 11.0 Å². The van der Waals surface area contributed by atoms with E-state index in [-0.39, 0.29) is 11.6 Å². The van der Waals surface area contributed by atoms with Crippen LogP contribution >= 0.6 is 11.6 Å². The maximum atomic E-state index is 12.9. The largest absolute Gasteiger partial charge is 0.444 e. The topological polar surface area (TPSA) is 67.2 Å². The molecule has 0 aliphatic rings. The minimum Gasteiger partial charge on any atom is -0.444 e. The monoisotopic (exact) mass is 297 g/mol. The van der Waals surface area contributed by atoms with Gasteiger partial charge in [-0.25, -0.2) is 14.2 Å². The fourth-order valence-electron chi connectivity index (χ4n) is 1.51. The van der Waals surface area contributed by atoms with Gasteiger partial charge in [0.15, 0.2) is 0 Å². The summed E-state index contributed by atoms with van der Waals surface area (Å²) in [5.41, 5.74) is 0.326. The third-order valence-corrected chi connectivity index (χ3v) is 2.84. The third kappa shape index (κ3) is 3.71. The zero-order valence-corrected chi connectivity index (χ0v) is 11.5. The van der Waals surface area contributed by atoms with Gasteiger partial charge in [-0.2, -0.15) is 0 Å². The van der Waals surface area contributed by atoms with Crippen LogP contribution < -0.4 is 10.6 Å². The molecule has 1 aromatic carbocycles. The number of urea groups is 1. The maximum absolute atomic E-state index is 12.9. The number of halogens is 2. The molecule has 5 nitrogen and oxygen atoms in total. The summed E-state index contributed by atoms with van der Waals surface area (Å²) in [6.45, 7) is 2.10. The van der Waals surface area contributed by atoms with Gasteiger partial charge >= 0.3 is 6.03 Å². The molecule has 2 N–H and O–H groups in total. The van der Waals surface area contributed by atoms with Crippen LogP contribution in [0.15, 0.2) is 28.8 Å². The summed E-state index contributed by atoms with van der Waals surface area (Å²) in [7, 11) is 0. The van der Waals surface area contributed by atoms with E-state index in [0.717, 1.165) is 18.2 Å².